The molecule has 0 saturated carbocycles. The van der Waals surface area contributed by atoms with Gasteiger partial charge in [0.1, 0.15) is 0 Å². The molecule has 1 fully saturated rings. The van der Waals surface area contributed by atoms with Gasteiger partial charge < -0.3 is 20.7 Å². The lowest BCUT2D eigenvalue weighted by atomic mass is 9.93. The van der Waals surface area contributed by atoms with Gasteiger partial charge in [-0.25, -0.2) is 0 Å². The van der Waals surface area contributed by atoms with Gasteiger partial charge in [0.2, 0.25) is 5.91 Å². The fourth-order valence-corrected chi connectivity index (χ4v) is 2.82. The number of hydrogen-bond acceptors (Lipinski definition) is 4. The lowest BCUT2D eigenvalue weighted by Crippen LogP contribution is -2.44. The number of ether oxygens (including phenoxy) is 1. The number of aliphatic imine (C=N–C) groups is 1. The number of carbonyl (C=O) groups is 1. The third-order valence-electron chi connectivity index (χ3n) is 4.22. The summed E-state index contributed by atoms with van der Waals surface area (Å²) in [5.41, 5.74) is 0. The SMILES string of the molecule is CN=C(NCCC1CCN(CC(F)(F)F)CC1)NCC(=O)NCCOC. The Morgan fingerprint density at radius 1 is 1.19 bits per heavy atom. The molecule has 0 aliphatic carbocycles. The molecular weight excluding hydrogens is 351 g/mol. The van der Waals surface area contributed by atoms with E-state index in [1.54, 1.807) is 14.2 Å². The van der Waals surface area contributed by atoms with Gasteiger partial charge in [0, 0.05) is 27.2 Å². The van der Waals surface area contributed by atoms with Crippen LogP contribution >= 0.6 is 0 Å². The first kappa shape index (κ1) is 22.5. The highest BCUT2D eigenvalue weighted by atomic mass is 19.4. The molecule has 3 N–H and O–H groups in total. The summed E-state index contributed by atoms with van der Waals surface area (Å²) in [6, 6.07) is 0. The predicted molar refractivity (Wildman–Crippen MR) is 94.1 cm³/mol. The summed E-state index contributed by atoms with van der Waals surface area (Å²) < 4.78 is 42.0. The minimum atomic E-state index is -4.12. The molecule has 0 atom stereocenters. The Morgan fingerprint density at radius 2 is 1.88 bits per heavy atom. The molecule has 0 aromatic rings. The first-order valence-electron chi connectivity index (χ1n) is 8.83. The third kappa shape index (κ3) is 10.4. The Hall–Kier alpha value is -1.55. The molecule has 1 heterocycles. The average Bonchev–Trinajstić information content (AvgIpc) is 2.58. The highest BCUT2D eigenvalue weighted by Crippen LogP contribution is 2.23. The van der Waals surface area contributed by atoms with Crippen molar-refractivity contribution >= 4 is 11.9 Å². The van der Waals surface area contributed by atoms with Crippen LogP contribution in [-0.2, 0) is 9.53 Å². The van der Waals surface area contributed by atoms with Gasteiger partial charge in [-0.3, -0.25) is 14.7 Å². The Morgan fingerprint density at radius 3 is 2.46 bits per heavy atom. The van der Waals surface area contributed by atoms with Crippen LogP contribution < -0.4 is 16.0 Å². The van der Waals surface area contributed by atoms with E-state index in [0.29, 0.717) is 44.7 Å². The quantitative estimate of drug-likeness (QED) is 0.309. The van der Waals surface area contributed by atoms with Crippen LogP contribution in [0.2, 0.25) is 0 Å². The fraction of sp³-hybridized carbons (Fsp3) is 0.875. The van der Waals surface area contributed by atoms with E-state index in [1.807, 2.05) is 0 Å². The maximum atomic E-state index is 12.4. The largest absolute Gasteiger partial charge is 0.401 e. The van der Waals surface area contributed by atoms with Crippen molar-refractivity contribution < 1.29 is 22.7 Å². The van der Waals surface area contributed by atoms with Gasteiger partial charge in [-0.2, -0.15) is 13.2 Å². The summed E-state index contributed by atoms with van der Waals surface area (Å²) in [7, 11) is 3.18. The second-order valence-corrected chi connectivity index (χ2v) is 6.32. The molecule has 1 amide bonds. The first-order chi connectivity index (χ1) is 12.3. The Labute approximate surface area is 152 Å². The number of amides is 1. The van der Waals surface area contributed by atoms with E-state index in [4.69, 9.17) is 4.74 Å². The van der Waals surface area contributed by atoms with Crippen LogP contribution in [0, 0.1) is 5.92 Å². The standard InChI is InChI=1S/C16H30F3N5O2/c1-20-15(23-11-14(25)21-7-10-26-2)22-6-3-13-4-8-24(9-5-13)12-16(17,18)19/h13H,3-12H2,1-2H3,(H,21,25)(H2,20,22,23). The number of rotatable bonds is 9. The monoisotopic (exact) mass is 381 g/mol. The zero-order valence-electron chi connectivity index (χ0n) is 15.5. The normalized spacial score (nSPS) is 17.2. The van der Waals surface area contributed by atoms with Crippen LogP contribution in [0.1, 0.15) is 19.3 Å². The van der Waals surface area contributed by atoms with Crippen molar-refractivity contribution in [2.45, 2.75) is 25.4 Å². The number of nitrogens with one attached hydrogen (secondary N) is 3. The average molecular weight is 381 g/mol. The van der Waals surface area contributed by atoms with Crippen molar-refractivity contribution in [3.05, 3.63) is 0 Å². The summed E-state index contributed by atoms with van der Waals surface area (Å²) in [6.45, 7) is 1.84. The number of likely N-dealkylation sites (tertiary alicyclic amines) is 1. The molecular formula is C16H30F3N5O2. The molecule has 1 rings (SSSR count). The van der Waals surface area contributed by atoms with E-state index in [2.05, 4.69) is 20.9 Å². The highest BCUT2D eigenvalue weighted by molar-refractivity contribution is 5.86. The Bertz CT molecular complexity index is 438. The Balaban J connectivity index is 2.15. The summed E-state index contributed by atoms with van der Waals surface area (Å²) in [5, 5.41) is 8.75. The zero-order chi connectivity index (χ0) is 19.4. The summed E-state index contributed by atoms with van der Waals surface area (Å²) in [6.07, 6.45) is -1.72. The minimum absolute atomic E-state index is 0.110. The number of guanidine groups is 1. The van der Waals surface area contributed by atoms with Crippen molar-refractivity contribution in [2.75, 3.05) is 60.0 Å². The molecule has 26 heavy (non-hydrogen) atoms. The molecule has 1 aliphatic rings. The van der Waals surface area contributed by atoms with Gasteiger partial charge in [0.25, 0.3) is 0 Å². The number of halogens is 3. The maximum Gasteiger partial charge on any atom is 0.401 e. The predicted octanol–water partition coefficient (Wildman–Crippen LogP) is 0.578. The van der Waals surface area contributed by atoms with Crippen molar-refractivity contribution in [3.8, 4) is 0 Å². The number of nitrogens with zero attached hydrogens (tertiary/aromatic N) is 2. The van der Waals surface area contributed by atoms with Crippen molar-refractivity contribution in [2.24, 2.45) is 10.9 Å². The molecule has 152 valence electrons. The van der Waals surface area contributed by atoms with Crippen molar-refractivity contribution in [3.63, 3.8) is 0 Å². The number of piperidine rings is 1. The zero-order valence-corrected chi connectivity index (χ0v) is 15.5. The van der Waals surface area contributed by atoms with E-state index < -0.39 is 12.7 Å². The Kier molecular flexibility index (Phi) is 10.3. The second-order valence-electron chi connectivity index (χ2n) is 6.32. The molecule has 10 heteroatoms. The number of hydrogen-bond donors (Lipinski definition) is 3. The van der Waals surface area contributed by atoms with Crippen LogP contribution in [-0.4, -0.2) is 83.0 Å². The minimum Gasteiger partial charge on any atom is -0.383 e. The molecule has 0 bridgehead atoms. The van der Waals surface area contributed by atoms with Gasteiger partial charge in [-0.15, -0.1) is 0 Å². The van der Waals surface area contributed by atoms with Gasteiger partial charge in [0.15, 0.2) is 5.96 Å². The number of carbonyl (C=O) groups excluding carboxylic acids is 1. The van der Waals surface area contributed by atoms with Crippen molar-refractivity contribution in [1.29, 1.82) is 0 Å². The third-order valence-corrected chi connectivity index (χ3v) is 4.22. The molecule has 1 saturated heterocycles. The van der Waals surface area contributed by atoms with Crippen LogP contribution in [0.25, 0.3) is 0 Å². The van der Waals surface area contributed by atoms with Crippen LogP contribution in [0.15, 0.2) is 4.99 Å². The summed E-state index contributed by atoms with van der Waals surface area (Å²) >= 11 is 0. The lowest BCUT2D eigenvalue weighted by molar-refractivity contribution is -0.148. The van der Waals surface area contributed by atoms with Crippen LogP contribution in [0.4, 0.5) is 13.2 Å². The molecule has 7 nitrogen and oxygen atoms in total. The first-order valence-corrected chi connectivity index (χ1v) is 8.83. The fourth-order valence-electron chi connectivity index (χ4n) is 2.82. The van der Waals surface area contributed by atoms with E-state index >= 15 is 0 Å². The molecule has 0 aromatic carbocycles. The topological polar surface area (TPSA) is 78.0 Å². The smallest absolute Gasteiger partial charge is 0.383 e. The van der Waals surface area contributed by atoms with Gasteiger partial charge in [-0.05, 0) is 38.3 Å². The van der Waals surface area contributed by atoms with E-state index in [1.165, 1.54) is 4.90 Å². The van der Waals surface area contributed by atoms with E-state index in [9.17, 15) is 18.0 Å². The molecule has 1 aliphatic heterocycles. The number of alkyl halides is 3. The molecule has 0 spiro atoms. The summed E-state index contributed by atoms with van der Waals surface area (Å²) in [4.78, 5) is 17.1. The van der Waals surface area contributed by atoms with Gasteiger partial charge >= 0.3 is 6.18 Å². The van der Waals surface area contributed by atoms with Gasteiger partial charge in [0.05, 0.1) is 19.7 Å². The molecule has 0 radical (unpaired) electrons. The summed E-state index contributed by atoms with van der Waals surface area (Å²) in [5.74, 6) is 0.783. The van der Waals surface area contributed by atoms with Crippen LogP contribution in [0.5, 0.6) is 0 Å². The van der Waals surface area contributed by atoms with Gasteiger partial charge in [-0.1, -0.05) is 0 Å². The van der Waals surface area contributed by atoms with E-state index in [-0.39, 0.29) is 12.5 Å². The highest BCUT2D eigenvalue weighted by Gasteiger charge is 2.32. The van der Waals surface area contributed by atoms with Crippen molar-refractivity contribution in [1.82, 2.24) is 20.9 Å². The maximum absolute atomic E-state index is 12.4. The second kappa shape index (κ2) is 11.9. The van der Waals surface area contributed by atoms with Crippen LogP contribution in [0.3, 0.4) is 0 Å². The lowest BCUT2D eigenvalue weighted by Gasteiger charge is -2.32. The van der Waals surface area contributed by atoms with E-state index in [0.717, 1.165) is 19.3 Å². The number of methoxy groups -OCH3 is 1. The molecule has 0 unspecified atom stereocenters. The molecule has 0 aromatic heterocycles.